The molecular weight excluding hydrogens is 317 g/mol. The molecule has 2 rings (SSSR count). The minimum absolute atomic E-state index is 0.0131. The van der Waals surface area contributed by atoms with Crippen molar-refractivity contribution in [2.75, 3.05) is 18.0 Å². The highest BCUT2D eigenvalue weighted by molar-refractivity contribution is 7.92. The molecule has 0 amide bonds. The number of nitrogens with zero attached hydrogens (tertiary/aromatic N) is 1. The lowest BCUT2D eigenvalue weighted by atomic mass is 10.2. The van der Waals surface area contributed by atoms with E-state index < -0.39 is 15.8 Å². The summed E-state index contributed by atoms with van der Waals surface area (Å²) in [5, 5.41) is 0. The van der Waals surface area contributed by atoms with Crippen molar-refractivity contribution in [3.05, 3.63) is 66.5 Å². The third-order valence-electron chi connectivity index (χ3n) is 3.37. The number of methoxy groups -OCH3 is 1. The fourth-order valence-corrected chi connectivity index (χ4v) is 3.76. The Kier molecular flexibility index (Phi) is 5.05. The van der Waals surface area contributed by atoms with Crippen molar-refractivity contribution in [1.82, 2.24) is 0 Å². The van der Waals surface area contributed by atoms with Gasteiger partial charge < -0.3 is 4.74 Å². The maximum Gasteiger partial charge on any atom is 0.264 e. The Morgan fingerprint density at radius 1 is 1.26 bits per heavy atom. The first-order chi connectivity index (χ1) is 10.9. The number of ether oxygens (including phenoxy) is 1. The molecule has 0 bridgehead atoms. The van der Waals surface area contributed by atoms with Crippen LogP contribution in [0.25, 0.3) is 0 Å². The Balaban J connectivity index is 2.56. The number of hydrogen-bond acceptors (Lipinski definition) is 3. The monoisotopic (exact) mass is 335 g/mol. The van der Waals surface area contributed by atoms with Gasteiger partial charge in [-0.15, -0.1) is 6.58 Å². The molecule has 0 spiro atoms. The van der Waals surface area contributed by atoms with E-state index in [9.17, 15) is 12.8 Å². The van der Waals surface area contributed by atoms with Gasteiger partial charge >= 0.3 is 0 Å². The highest BCUT2D eigenvalue weighted by Crippen LogP contribution is 2.28. The molecular formula is C17H18FNO3S. The van der Waals surface area contributed by atoms with Crippen molar-refractivity contribution in [2.24, 2.45) is 0 Å². The number of benzene rings is 2. The van der Waals surface area contributed by atoms with Crippen LogP contribution < -0.4 is 9.04 Å². The van der Waals surface area contributed by atoms with Crippen LogP contribution in [0.1, 0.15) is 5.56 Å². The fraction of sp³-hybridized carbons (Fsp3) is 0.176. The van der Waals surface area contributed by atoms with E-state index in [-0.39, 0.29) is 17.1 Å². The molecule has 2 aromatic rings. The largest absolute Gasteiger partial charge is 0.496 e. The minimum Gasteiger partial charge on any atom is -0.496 e. The Hall–Kier alpha value is -2.34. The Morgan fingerprint density at radius 3 is 2.52 bits per heavy atom. The average molecular weight is 335 g/mol. The molecule has 0 radical (unpaired) electrons. The van der Waals surface area contributed by atoms with Gasteiger partial charge in [-0.1, -0.05) is 18.2 Å². The summed E-state index contributed by atoms with van der Waals surface area (Å²) in [5.41, 5.74) is 0.668. The van der Waals surface area contributed by atoms with Gasteiger partial charge in [-0.25, -0.2) is 12.8 Å². The second-order valence-corrected chi connectivity index (χ2v) is 6.77. The second-order valence-electron chi connectivity index (χ2n) is 4.91. The molecule has 4 nitrogen and oxygen atoms in total. The van der Waals surface area contributed by atoms with Crippen molar-refractivity contribution >= 4 is 15.7 Å². The molecule has 0 heterocycles. The molecule has 0 saturated carbocycles. The van der Waals surface area contributed by atoms with E-state index in [0.717, 1.165) is 4.31 Å². The molecule has 0 aliphatic carbocycles. The Morgan fingerprint density at radius 2 is 1.96 bits per heavy atom. The fourth-order valence-electron chi connectivity index (χ4n) is 2.24. The zero-order chi connectivity index (χ0) is 17.0. The molecule has 0 saturated heterocycles. The third-order valence-corrected chi connectivity index (χ3v) is 5.15. The molecule has 0 aliphatic heterocycles. The summed E-state index contributed by atoms with van der Waals surface area (Å²) in [6.45, 7) is 5.27. The van der Waals surface area contributed by atoms with Crippen molar-refractivity contribution in [3.63, 3.8) is 0 Å². The van der Waals surface area contributed by atoms with Crippen LogP contribution in [0.4, 0.5) is 10.1 Å². The molecule has 0 atom stereocenters. The molecule has 6 heteroatoms. The van der Waals surface area contributed by atoms with Gasteiger partial charge in [0.1, 0.15) is 11.6 Å². The predicted octanol–water partition coefficient (Wildman–Crippen LogP) is 3.52. The highest BCUT2D eigenvalue weighted by atomic mass is 32.2. The highest BCUT2D eigenvalue weighted by Gasteiger charge is 2.26. The summed E-state index contributed by atoms with van der Waals surface area (Å²) in [4.78, 5) is 0.0703. The van der Waals surface area contributed by atoms with E-state index >= 15 is 0 Å². The van der Waals surface area contributed by atoms with E-state index in [1.807, 2.05) is 0 Å². The number of anilines is 1. The number of hydrogen-bond donors (Lipinski definition) is 0. The first-order valence-electron chi connectivity index (χ1n) is 6.94. The van der Waals surface area contributed by atoms with Gasteiger partial charge in [0.25, 0.3) is 10.0 Å². The molecule has 0 aliphatic rings. The zero-order valence-corrected chi connectivity index (χ0v) is 13.8. The van der Waals surface area contributed by atoms with Crippen molar-refractivity contribution < 1.29 is 17.5 Å². The van der Waals surface area contributed by atoms with E-state index in [1.165, 1.54) is 43.5 Å². The van der Waals surface area contributed by atoms with E-state index in [2.05, 4.69) is 6.58 Å². The molecule has 0 aromatic heterocycles. The summed E-state index contributed by atoms with van der Waals surface area (Å²) >= 11 is 0. The number of aryl methyl sites for hydroxylation is 1. The first-order valence-corrected chi connectivity index (χ1v) is 8.38. The molecule has 23 heavy (non-hydrogen) atoms. The zero-order valence-electron chi connectivity index (χ0n) is 13.0. The van der Waals surface area contributed by atoms with Crippen LogP contribution in [0.3, 0.4) is 0 Å². The topological polar surface area (TPSA) is 46.6 Å². The normalized spacial score (nSPS) is 11.1. The van der Waals surface area contributed by atoms with Crippen LogP contribution >= 0.6 is 0 Å². The quantitative estimate of drug-likeness (QED) is 0.759. The van der Waals surface area contributed by atoms with Gasteiger partial charge in [0, 0.05) is 0 Å². The molecule has 0 N–H and O–H groups in total. The third kappa shape index (κ3) is 3.37. The lowest BCUT2D eigenvalue weighted by molar-refractivity contribution is 0.411. The number of halogens is 1. The maximum atomic E-state index is 14.0. The van der Waals surface area contributed by atoms with Crippen molar-refractivity contribution in [1.29, 1.82) is 0 Å². The minimum atomic E-state index is -3.92. The summed E-state index contributed by atoms with van der Waals surface area (Å²) < 4.78 is 46.0. The maximum absolute atomic E-state index is 14.0. The molecule has 2 aromatic carbocycles. The lowest BCUT2D eigenvalue weighted by Crippen LogP contribution is -2.32. The molecule has 0 fully saturated rings. The number of para-hydroxylation sites is 1. The van der Waals surface area contributed by atoms with E-state index in [0.29, 0.717) is 11.3 Å². The smallest absolute Gasteiger partial charge is 0.264 e. The molecule has 0 unspecified atom stereocenters. The van der Waals surface area contributed by atoms with Crippen molar-refractivity contribution in [3.8, 4) is 5.75 Å². The van der Waals surface area contributed by atoms with Gasteiger partial charge in [-0.3, -0.25) is 4.31 Å². The van der Waals surface area contributed by atoms with Crippen LogP contribution in [0.15, 0.2) is 60.0 Å². The summed E-state index contributed by atoms with van der Waals surface area (Å²) in [7, 11) is -2.41. The van der Waals surface area contributed by atoms with Crippen LogP contribution in [0.5, 0.6) is 5.75 Å². The summed E-state index contributed by atoms with van der Waals surface area (Å²) in [6, 6.07) is 10.3. The van der Waals surface area contributed by atoms with E-state index in [1.54, 1.807) is 19.1 Å². The first kappa shape index (κ1) is 17.0. The summed E-state index contributed by atoms with van der Waals surface area (Å²) in [5.74, 6) is -0.0201. The second kappa shape index (κ2) is 6.83. The SMILES string of the molecule is C=CCN(c1ccccc1F)S(=O)(=O)c1ccc(OC)c(C)c1. The van der Waals surface area contributed by atoms with Gasteiger partial charge in [0.05, 0.1) is 24.2 Å². The Labute approximate surface area is 135 Å². The van der Waals surface area contributed by atoms with Crippen molar-refractivity contribution in [2.45, 2.75) is 11.8 Å². The van der Waals surface area contributed by atoms with Crippen LogP contribution in [0, 0.1) is 12.7 Å². The summed E-state index contributed by atoms with van der Waals surface area (Å²) in [6.07, 6.45) is 1.42. The molecule has 122 valence electrons. The van der Waals surface area contributed by atoms with Gasteiger partial charge in [0.2, 0.25) is 0 Å². The average Bonchev–Trinajstić information content (AvgIpc) is 2.53. The van der Waals surface area contributed by atoms with Gasteiger partial charge in [-0.05, 0) is 42.8 Å². The standard InChI is InChI=1S/C17H18FNO3S/c1-4-11-19(16-8-6-5-7-15(16)18)23(20,21)14-9-10-17(22-3)13(2)12-14/h4-10,12H,1,11H2,2-3H3. The number of rotatable bonds is 6. The van der Waals surface area contributed by atoms with Gasteiger partial charge in [0.15, 0.2) is 0 Å². The van der Waals surface area contributed by atoms with E-state index in [4.69, 9.17) is 4.74 Å². The van der Waals surface area contributed by atoms with Crippen LogP contribution in [-0.4, -0.2) is 22.1 Å². The van der Waals surface area contributed by atoms with Crippen LogP contribution in [0.2, 0.25) is 0 Å². The van der Waals surface area contributed by atoms with Gasteiger partial charge in [-0.2, -0.15) is 0 Å². The van der Waals surface area contributed by atoms with Crippen LogP contribution in [-0.2, 0) is 10.0 Å². The Bertz CT molecular complexity index is 818. The lowest BCUT2D eigenvalue weighted by Gasteiger charge is -2.24. The predicted molar refractivity (Wildman–Crippen MR) is 88.9 cm³/mol. The number of sulfonamides is 1.